The SMILES string of the molecule is CCOC1CC(N)C1NC(=O)c1ccc(F)cc1I. The minimum Gasteiger partial charge on any atom is -0.376 e. The molecule has 0 spiro atoms. The van der Waals surface area contributed by atoms with Gasteiger partial charge in [0.2, 0.25) is 0 Å². The smallest absolute Gasteiger partial charge is 0.252 e. The Labute approximate surface area is 125 Å². The molecule has 0 heterocycles. The zero-order valence-corrected chi connectivity index (χ0v) is 12.7. The molecule has 1 aromatic rings. The summed E-state index contributed by atoms with van der Waals surface area (Å²) in [7, 11) is 0. The van der Waals surface area contributed by atoms with Crippen molar-refractivity contribution in [1.82, 2.24) is 5.32 Å². The first-order valence-electron chi connectivity index (χ1n) is 6.16. The van der Waals surface area contributed by atoms with Crippen LogP contribution in [-0.4, -0.2) is 30.7 Å². The maximum atomic E-state index is 13.0. The molecule has 1 aliphatic carbocycles. The number of hydrogen-bond acceptors (Lipinski definition) is 3. The topological polar surface area (TPSA) is 64.3 Å². The van der Waals surface area contributed by atoms with E-state index in [-0.39, 0.29) is 29.9 Å². The zero-order chi connectivity index (χ0) is 14.0. The molecule has 1 fully saturated rings. The van der Waals surface area contributed by atoms with Gasteiger partial charge < -0.3 is 15.8 Å². The molecule has 0 bridgehead atoms. The van der Waals surface area contributed by atoms with Gasteiger partial charge in [-0.3, -0.25) is 4.79 Å². The molecule has 4 nitrogen and oxygen atoms in total. The van der Waals surface area contributed by atoms with Crippen LogP contribution in [0, 0.1) is 9.39 Å². The molecule has 3 N–H and O–H groups in total. The lowest BCUT2D eigenvalue weighted by Crippen LogP contribution is -2.64. The maximum Gasteiger partial charge on any atom is 0.252 e. The van der Waals surface area contributed by atoms with Crippen LogP contribution < -0.4 is 11.1 Å². The molecular weight excluding hydrogens is 362 g/mol. The maximum absolute atomic E-state index is 13.0. The molecule has 1 aliphatic rings. The Balaban J connectivity index is 2.04. The molecule has 0 radical (unpaired) electrons. The number of hydrogen-bond donors (Lipinski definition) is 2. The van der Waals surface area contributed by atoms with Crippen LogP contribution in [0.3, 0.4) is 0 Å². The number of halogens is 2. The van der Waals surface area contributed by atoms with Gasteiger partial charge in [-0.15, -0.1) is 0 Å². The predicted octanol–water partition coefficient (Wildman–Crippen LogP) is 1.66. The van der Waals surface area contributed by atoms with Crippen LogP contribution in [0.15, 0.2) is 18.2 Å². The molecule has 3 unspecified atom stereocenters. The molecule has 19 heavy (non-hydrogen) atoms. The van der Waals surface area contributed by atoms with E-state index in [1.165, 1.54) is 18.2 Å². The van der Waals surface area contributed by atoms with Crippen molar-refractivity contribution in [3.8, 4) is 0 Å². The molecule has 0 saturated heterocycles. The minimum atomic E-state index is -0.353. The Hall–Kier alpha value is -0.730. The van der Waals surface area contributed by atoms with Crippen molar-refractivity contribution in [2.75, 3.05) is 6.61 Å². The highest BCUT2D eigenvalue weighted by Gasteiger charge is 2.40. The molecule has 0 aliphatic heterocycles. The van der Waals surface area contributed by atoms with Crippen molar-refractivity contribution < 1.29 is 13.9 Å². The number of amides is 1. The van der Waals surface area contributed by atoms with Crippen LogP contribution in [0.5, 0.6) is 0 Å². The van der Waals surface area contributed by atoms with E-state index in [1.54, 1.807) is 0 Å². The van der Waals surface area contributed by atoms with Gasteiger partial charge in [-0.1, -0.05) is 0 Å². The van der Waals surface area contributed by atoms with E-state index < -0.39 is 0 Å². The third-order valence-electron chi connectivity index (χ3n) is 3.22. The van der Waals surface area contributed by atoms with Crippen LogP contribution in [0.1, 0.15) is 23.7 Å². The lowest BCUT2D eigenvalue weighted by molar-refractivity contribution is -0.0300. The van der Waals surface area contributed by atoms with Gasteiger partial charge in [0.05, 0.1) is 17.7 Å². The normalized spacial score (nSPS) is 25.8. The molecule has 1 aromatic carbocycles. The second kappa shape index (κ2) is 6.15. The van der Waals surface area contributed by atoms with Crippen LogP contribution >= 0.6 is 22.6 Å². The van der Waals surface area contributed by atoms with Gasteiger partial charge in [0.25, 0.3) is 5.91 Å². The largest absolute Gasteiger partial charge is 0.376 e. The van der Waals surface area contributed by atoms with Gasteiger partial charge in [-0.2, -0.15) is 0 Å². The number of nitrogens with two attached hydrogens (primary N) is 1. The van der Waals surface area contributed by atoms with Gasteiger partial charge >= 0.3 is 0 Å². The highest BCUT2D eigenvalue weighted by molar-refractivity contribution is 14.1. The summed E-state index contributed by atoms with van der Waals surface area (Å²) in [6.07, 6.45) is 0.723. The standard InChI is InChI=1S/C13H16FIN2O2/c1-2-19-11-6-10(16)12(11)17-13(18)8-4-3-7(14)5-9(8)15/h3-5,10-12H,2,6,16H2,1H3,(H,17,18). The van der Waals surface area contributed by atoms with E-state index >= 15 is 0 Å². The first-order chi connectivity index (χ1) is 9.02. The van der Waals surface area contributed by atoms with Gasteiger partial charge in [0.1, 0.15) is 5.82 Å². The van der Waals surface area contributed by atoms with Crippen molar-refractivity contribution in [2.45, 2.75) is 31.5 Å². The van der Waals surface area contributed by atoms with Gasteiger partial charge in [0, 0.05) is 16.2 Å². The summed E-state index contributed by atoms with van der Waals surface area (Å²) >= 11 is 1.94. The first kappa shape index (κ1) is 14.7. The molecule has 104 valence electrons. The van der Waals surface area contributed by atoms with Crippen molar-refractivity contribution in [2.24, 2.45) is 5.73 Å². The Morgan fingerprint density at radius 1 is 1.63 bits per heavy atom. The van der Waals surface area contributed by atoms with Crippen LogP contribution in [-0.2, 0) is 4.74 Å². The summed E-state index contributed by atoms with van der Waals surface area (Å²) in [6, 6.07) is 3.83. The fraction of sp³-hybridized carbons (Fsp3) is 0.462. The molecule has 1 amide bonds. The average Bonchev–Trinajstić information content (AvgIpc) is 2.35. The third-order valence-corrected chi connectivity index (χ3v) is 4.11. The second-order valence-corrected chi connectivity index (χ2v) is 5.68. The summed E-state index contributed by atoms with van der Waals surface area (Å²) in [5.41, 5.74) is 6.33. The Bertz CT molecular complexity index is 482. The van der Waals surface area contributed by atoms with Crippen molar-refractivity contribution in [3.63, 3.8) is 0 Å². The number of carbonyl (C=O) groups is 1. The Kier molecular flexibility index (Phi) is 4.75. The summed E-state index contributed by atoms with van der Waals surface area (Å²) in [6.45, 7) is 2.50. The third kappa shape index (κ3) is 3.24. The van der Waals surface area contributed by atoms with E-state index in [0.717, 1.165) is 6.42 Å². The molecule has 0 aromatic heterocycles. The van der Waals surface area contributed by atoms with Crippen LogP contribution in [0.4, 0.5) is 4.39 Å². The number of ether oxygens (including phenoxy) is 1. The van der Waals surface area contributed by atoms with E-state index in [2.05, 4.69) is 5.32 Å². The van der Waals surface area contributed by atoms with E-state index in [4.69, 9.17) is 10.5 Å². The molecule has 6 heteroatoms. The second-order valence-electron chi connectivity index (χ2n) is 4.52. The van der Waals surface area contributed by atoms with Gasteiger partial charge in [-0.25, -0.2) is 4.39 Å². The fourth-order valence-electron chi connectivity index (χ4n) is 2.13. The molecule has 3 atom stereocenters. The van der Waals surface area contributed by atoms with Crippen LogP contribution in [0.2, 0.25) is 0 Å². The molecule has 2 rings (SSSR count). The van der Waals surface area contributed by atoms with Crippen LogP contribution in [0.25, 0.3) is 0 Å². The molecule has 1 saturated carbocycles. The fourth-order valence-corrected chi connectivity index (χ4v) is 2.85. The van der Waals surface area contributed by atoms with E-state index in [9.17, 15) is 9.18 Å². The summed E-state index contributed by atoms with van der Waals surface area (Å²) in [5, 5.41) is 2.86. The number of rotatable bonds is 4. The lowest BCUT2D eigenvalue weighted by atomic mass is 9.83. The highest BCUT2D eigenvalue weighted by Crippen LogP contribution is 2.23. The Morgan fingerprint density at radius 2 is 2.37 bits per heavy atom. The quantitative estimate of drug-likeness (QED) is 0.784. The van der Waals surface area contributed by atoms with Crippen molar-refractivity contribution >= 4 is 28.5 Å². The Morgan fingerprint density at radius 3 is 2.95 bits per heavy atom. The zero-order valence-electron chi connectivity index (χ0n) is 10.5. The number of nitrogens with one attached hydrogen (secondary N) is 1. The molecular formula is C13H16FIN2O2. The summed E-state index contributed by atoms with van der Waals surface area (Å²) in [5.74, 6) is -0.595. The monoisotopic (exact) mass is 378 g/mol. The van der Waals surface area contributed by atoms with Crippen molar-refractivity contribution in [1.29, 1.82) is 0 Å². The summed E-state index contributed by atoms with van der Waals surface area (Å²) in [4.78, 5) is 12.1. The van der Waals surface area contributed by atoms with Gasteiger partial charge in [0.15, 0.2) is 0 Å². The minimum absolute atomic E-state index is 0.0259. The van der Waals surface area contributed by atoms with E-state index in [0.29, 0.717) is 15.7 Å². The van der Waals surface area contributed by atoms with Crippen molar-refractivity contribution in [3.05, 3.63) is 33.1 Å². The van der Waals surface area contributed by atoms with Gasteiger partial charge in [-0.05, 0) is 54.1 Å². The number of carbonyl (C=O) groups excluding carboxylic acids is 1. The average molecular weight is 378 g/mol. The van der Waals surface area contributed by atoms with E-state index in [1.807, 2.05) is 29.5 Å². The first-order valence-corrected chi connectivity index (χ1v) is 7.24. The summed E-state index contributed by atoms with van der Waals surface area (Å²) < 4.78 is 19.1. The number of benzene rings is 1. The highest BCUT2D eigenvalue weighted by atomic mass is 127. The lowest BCUT2D eigenvalue weighted by Gasteiger charge is -2.42. The predicted molar refractivity (Wildman–Crippen MR) is 78.4 cm³/mol.